The SMILES string of the molecule is C=C1C(=N/C(C#N)=C(\C)C#N)c2nc(C#N)c(C#N)nc2-c2nc(C#N)c(C#N)nc21. The number of hydrogen-bond donors (Lipinski definition) is 0. The molecule has 0 aliphatic heterocycles. The van der Waals surface area contributed by atoms with Crippen molar-refractivity contribution >= 4 is 11.3 Å². The van der Waals surface area contributed by atoms with Crippen LogP contribution >= 0.6 is 0 Å². The monoisotopic (exact) mass is 399 g/mol. The van der Waals surface area contributed by atoms with E-state index in [0.29, 0.717) is 0 Å². The van der Waals surface area contributed by atoms with Gasteiger partial charge in [-0.3, -0.25) is 0 Å². The maximum absolute atomic E-state index is 9.39. The van der Waals surface area contributed by atoms with Gasteiger partial charge in [-0.25, -0.2) is 24.9 Å². The van der Waals surface area contributed by atoms with E-state index in [2.05, 4.69) is 31.5 Å². The number of allylic oxidation sites excluding steroid dienone is 3. The van der Waals surface area contributed by atoms with Crippen molar-refractivity contribution in [2.24, 2.45) is 4.99 Å². The van der Waals surface area contributed by atoms with Crippen LogP contribution in [0.15, 0.2) is 22.8 Å². The summed E-state index contributed by atoms with van der Waals surface area (Å²) in [6, 6.07) is 10.7. The lowest BCUT2D eigenvalue weighted by atomic mass is 9.92. The predicted octanol–water partition coefficient (Wildman–Crippen LogP) is 1.56. The Morgan fingerprint density at radius 2 is 1.10 bits per heavy atom. The quantitative estimate of drug-likeness (QED) is 0.632. The first-order valence-electron chi connectivity index (χ1n) is 8.18. The molecule has 2 heterocycles. The summed E-state index contributed by atoms with van der Waals surface area (Å²) in [7, 11) is 0. The fraction of sp³-hybridized carbons (Fsp3) is 0.0500. The van der Waals surface area contributed by atoms with Gasteiger partial charge in [-0.15, -0.1) is 0 Å². The Balaban J connectivity index is 2.52. The van der Waals surface area contributed by atoms with Crippen LogP contribution in [0.1, 0.15) is 41.1 Å². The zero-order valence-corrected chi connectivity index (χ0v) is 15.6. The van der Waals surface area contributed by atoms with Crippen molar-refractivity contribution in [3.63, 3.8) is 0 Å². The van der Waals surface area contributed by atoms with Gasteiger partial charge in [-0.1, -0.05) is 6.58 Å². The second kappa shape index (κ2) is 7.70. The summed E-state index contributed by atoms with van der Waals surface area (Å²) in [5.74, 6) is 0. The summed E-state index contributed by atoms with van der Waals surface area (Å²) < 4.78 is 0. The number of fused-ring (bicyclic) bond motifs is 3. The van der Waals surface area contributed by atoms with Gasteiger partial charge in [-0.05, 0) is 6.92 Å². The highest BCUT2D eigenvalue weighted by molar-refractivity contribution is 6.35. The van der Waals surface area contributed by atoms with Crippen LogP contribution in [-0.4, -0.2) is 25.6 Å². The number of rotatable bonds is 1. The van der Waals surface area contributed by atoms with Gasteiger partial charge in [0.15, 0.2) is 28.5 Å². The molecule has 0 saturated carbocycles. The largest absolute Gasteiger partial charge is 0.234 e. The van der Waals surface area contributed by atoms with Crippen molar-refractivity contribution in [3.8, 4) is 47.8 Å². The molecule has 0 bridgehead atoms. The summed E-state index contributed by atoms with van der Waals surface area (Å²) >= 11 is 0. The summed E-state index contributed by atoms with van der Waals surface area (Å²) in [5, 5.41) is 55.7. The van der Waals surface area contributed by atoms with Crippen molar-refractivity contribution in [2.45, 2.75) is 6.92 Å². The van der Waals surface area contributed by atoms with Crippen LogP contribution < -0.4 is 0 Å². The van der Waals surface area contributed by atoms with E-state index in [1.54, 1.807) is 30.3 Å². The standard InChI is InChI=1S/C20H5N11/c1-9(3-21)11(4-22)27-16-10(2)17-19(29-13(6-24)12(5-23)28-17)20-18(16)30-14(7-25)15(8-26)31-20/h2H2,1H3/b11-9+,27-16?. The fourth-order valence-corrected chi connectivity index (χ4v) is 2.62. The molecular weight excluding hydrogens is 394 g/mol. The molecule has 0 N–H and O–H groups in total. The van der Waals surface area contributed by atoms with Crippen molar-refractivity contribution in [1.82, 2.24) is 19.9 Å². The van der Waals surface area contributed by atoms with Crippen LogP contribution in [0.25, 0.3) is 17.0 Å². The minimum absolute atomic E-state index is 0.0147. The molecule has 0 unspecified atom stereocenters. The van der Waals surface area contributed by atoms with Crippen molar-refractivity contribution in [2.75, 3.05) is 0 Å². The number of hydrogen-bond acceptors (Lipinski definition) is 11. The average molecular weight is 399 g/mol. The zero-order valence-electron chi connectivity index (χ0n) is 15.6. The number of nitriles is 6. The van der Waals surface area contributed by atoms with E-state index in [4.69, 9.17) is 5.26 Å². The zero-order chi connectivity index (χ0) is 22.7. The van der Waals surface area contributed by atoms with E-state index in [0.717, 1.165) is 0 Å². The second-order valence-electron chi connectivity index (χ2n) is 5.82. The first-order chi connectivity index (χ1) is 14.9. The first kappa shape index (κ1) is 20.0. The molecule has 0 amide bonds. The van der Waals surface area contributed by atoms with Crippen molar-refractivity contribution < 1.29 is 0 Å². The lowest BCUT2D eigenvalue weighted by molar-refractivity contribution is 1.05. The topological polar surface area (TPSA) is 207 Å². The molecule has 0 radical (unpaired) electrons. The Labute approximate surface area is 175 Å². The third-order valence-corrected chi connectivity index (χ3v) is 4.09. The summed E-state index contributed by atoms with van der Waals surface area (Å²) in [5.41, 5.74) is -1.33. The highest BCUT2D eigenvalue weighted by atomic mass is 15.0. The van der Waals surface area contributed by atoms with Gasteiger partial charge in [0.2, 0.25) is 0 Å². The molecule has 1 aliphatic carbocycles. The molecule has 31 heavy (non-hydrogen) atoms. The van der Waals surface area contributed by atoms with Gasteiger partial charge in [0.25, 0.3) is 0 Å². The smallest absolute Gasteiger partial charge is 0.177 e. The molecule has 3 rings (SSSR count). The van der Waals surface area contributed by atoms with E-state index in [1.165, 1.54) is 6.92 Å². The molecule has 0 fully saturated rings. The Morgan fingerprint density at radius 1 is 0.677 bits per heavy atom. The summed E-state index contributed by atoms with van der Waals surface area (Å²) in [6.07, 6.45) is 0. The maximum Gasteiger partial charge on any atom is 0.177 e. The van der Waals surface area contributed by atoms with Gasteiger partial charge in [0, 0.05) is 5.57 Å². The Morgan fingerprint density at radius 3 is 1.52 bits per heavy atom. The summed E-state index contributed by atoms with van der Waals surface area (Å²) in [4.78, 5) is 20.7. The molecule has 0 saturated heterocycles. The Kier molecular flexibility index (Phi) is 4.97. The highest BCUT2D eigenvalue weighted by Crippen LogP contribution is 2.36. The number of aliphatic imine (C=N–C) groups is 1. The summed E-state index contributed by atoms with van der Waals surface area (Å²) in [6.45, 7) is 5.27. The molecule has 2 aromatic rings. The van der Waals surface area contributed by atoms with Gasteiger partial charge >= 0.3 is 0 Å². The van der Waals surface area contributed by atoms with Crippen molar-refractivity contribution in [1.29, 1.82) is 31.6 Å². The third-order valence-electron chi connectivity index (χ3n) is 4.09. The molecule has 140 valence electrons. The van der Waals surface area contributed by atoms with Gasteiger partial charge < -0.3 is 0 Å². The minimum Gasteiger partial charge on any atom is -0.234 e. The predicted molar refractivity (Wildman–Crippen MR) is 101 cm³/mol. The second-order valence-corrected chi connectivity index (χ2v) is 5.82. The Hall–Kier alpha value is -5.75. The first-order valence-corrected chi connectivity index (χ1v) is 8.18. The molecule has 11 heteroatoms. The molecule has 2 aromatic heterocycles. The van der Waals surface area contributed by atoms with E-state index >= 15 is 0 Å². The van der Waals surface area contributed by atoms with E-state index in [-0.39, 0.29) is 68.1 Å². The highest BCUT2D eigenvalue weighted by Gasteiger charge is 2.33. The lowest BCUT2D eigenvalue weighted by Gasteiger charge is -2.21. The van der Waals surface area contributed by atoms with Crippen LogP contribution in [0.3, 0.4) is 0 Å². The maximum atomic E-state index is 9.39. The molecular formula is C20H5N11. The Bertz CT molecular complexity index is 1510. The fourth-order valence-electron chi connectivity index (χ4n) is 2.62. The number of aromatic nitrogens is 4. The van der Waals surface area contributed by atoms with Gasteiger partial charge in [-0.2, -0.15) is 31.6 Å². The van der Waals surface area contributed by atoms with Crippen molar-refractivity contribution in [3.05, 3.63) is 52.0 Å². The molecule has 1 aliphatic rings. The average Bonchev–Trinajstić information content (AvgIpc) is 2.81. The molecule has 0 atom stereocenters. The van der Waals surface area contributed by atoms with E-state index in [1.807, 2.05) is 6.07 Å². The molecule has 11 nitrogen and oxygen atoms in total. The van der Waals surface area contributed by atoms with E-state index < -0.39 is 0 Å². The third kappa shape index (κ3) is 3.10. The number of nitrogens with zero attached hydrogens (tertiary/aromatic N) is 11. The van der Waals surface area contributed by atoms with E-state index in [9.17, 15) is 26.3 Å². The minimum atomic E-state index is -0.299. The van der Waals surface area contributed by atoms with Gasteiger partial charge in [0.1, 0.15) is 58.8 Å². The van der Waals surface area contributed by atoms with Crippen LogP contribution in [-0.2, 0) is 0 Å². The van der Waals surface area contributed by atoms with Crippen LogP contribution in [0.5, 0.6) is 0 Å². The normalized spacial score (nSPS) is 13.1. The van der Waals surface area contributed by atoms with Crippen LogP contribution in [0.4, 0.5) is 0 Å². The lowest BCUT2D eigenvalue weighted by Crippen LogP contribution is -2.21. The van der Waals surface area contributed by atoms with Crippen LogP contribution in [0.2, 0.25) is 0 Å². The molecule has 0 aromatic carbocycles. The van der Waals surface area contributed by atoms with Crippen LogP contribution in [0, 0.1) is 68.0 Å². The van der Waals surface area contributed by atoms with Gasteiger partial charge in [0.05, 0.1) is 11.6 Å². The molecule has 0 spiro atoms.